The van der Waals surface area contributed by atoms with Gasteiger partial charge >= 0.3 is 17.8 Å². The summed E-state index contributed by atoms with van der Waals surface area (Å²) in [5.41, 5.74) is 0. The van der Waals surface area contributed by atoms with Crippen LogP contribution in [0, 0.1) is 0 Å². The van der Waals surface area contributed by atoms with Gasteiger partial charge in [-0.05, 0) is 26.7 Å². The topological polar surface area (TPSA) is 91.2 Å². The normalized spacial score (nSPS) is 20.8. The van der Waals surface area contributed by atoms with Crippen molar-refractivity contribution in [2.24, 2.45) is 0 Å². The van der Waals surface area contributed by atoms with Gasteiger partial charge in [-0.1, -0.05) is 12.8 Å². The van der Waals surface area contributed by atoms with Gasteiger partial charge in [0.2, 0.25) is 0 Å². The molecule has 0 aromatic rings. The first-order valence-corrected chi connectivity index (χ1v) is 8.11. The molecule has 0 aromatic carbocycles. The number of rotatable bonds is 6. The number of nitrogens with zero attached hydrogens (tertiary/aromatic N) is 2. The lowest BCUT2D eigenvalue weighted by Crippen LogP contribution is -3.12. The van der Waals surface area contributed by atoms with Crippen LogP contribution in [-0.4, -0.2) is 65.9 Å². The summed E-state index contributed by atoms with van der Waals surface area (Å²) < 4.78 is 0. The largest absolute Gasteiger partial charge is 0.349 e. The molecule has 5 amide bonds. The Kier molecular flexibility index (Phi) is 5.35. The number of carbonyl (C=O) groups excluding carboxylic acids is 4. The monoisotopic (exact) mass is 325 g/mol. The number of carbonyl (C=O) groups is 4. The molecule has 1 saturated heterocycles. The van der Waals surface area contributed by atoms with E-state index in [1.165, 1.54) is 0 Å². The summed E-state index contributed by atoms with van der Waals surface area (Å²) in [5.74, 6) is -1.68. The van der Waals surface area contributed by atoms with Crippen LogP contribution in [0.25, 0.3) is 0 Å². The van der Waals surface area contributed by atoms with Crippen molar-refractivity contribution >= 4 is 23.8 Å². The van der Waals surface area contributed by atoms with E-state index in [1.807, 2.05) is 13.8 Å². The molecule has 1 atom stereocenters. The first-order valence-electron chi connectivity index (χ1n) is 8.11. The lowest BCUT2D eigenvalue weighted by molar-refractivity contribution is -0.879. The lowest BCUT2D eigenvalue weighted by atomic mass is 10.2. The molecule has 1 aliphatic heterocycles. The molecule has 1 unspecified atom stereocenters. The summed E-state index contributed by atoms with van der Waals surface area (Å²) in [6.07, 6.45) is 3.46. The van der Waals surface area contributed by atoms with Crippen molar-refractivity contribution in [2.75, 3.05) is 20.3 Å². The Labute approximate surface area is 135 Å². The molecule has 1 heterocycles. The molecule has 8 heteroatoms. The molecular formula is C15H25N4O4+. The Morgan fingerprint density at radius 3 is 2.39 bits per heavy atom. The molecule has 2 fully saturated rings. The molecule has 0 bridgehead atoms. The van der Waals surface area contributed by atoms with Gasteiger partial charge < -0.3 is 10.2 Å². The van der Waals surface area contributed by atoms with Gasteiger partial charge in [0.1, 0.15) is 0 Å². The van der Waals surface area contributed by atoms with Gasteiger partial charge in [-0.2, -0.15) is 0 Å². The van der Waals surface area contributed by atoms with Crippen LogP contribution >= 0.6 is 0 Å². The zero-order valence-electron chi connectivity index (χ0n) is 13.9. The first kappa shape index (κ1) is 17.4. The lowest BCUT2D eigenvalue weighted by Gasteiger charge is -2.22. The molecule has 128 valence electrons. The number of nitrogens with one attached hydrogen (secondary N) is 2. The van der Waals surface area contributed by atoms with Gasteiger partial charge in [-0.15, -0.1) is 0 Å². The van der Waals surface area contributed by atoms with Crippen molar-refractivity contribution < 1.29 is 24.1 Å². The second kappa shape index (κ2) is 7.08. The van der Waals surface area contributed by atoms with Crippen LogP contribution in [0.5, 0.6) is 0 Å². The molecular weight excluding hydrogens is 300 g/mol. The summed E-state index contributed by atoms with van der Waals surface area (Å²) in [7, 11) is 1.71. The highest BCUT2D eigenvalue weighted by Crippen LogP contribution is 2.27. The van der Waals surface area contributed by atoms with Crippen LogP contribution in [0.15, 0.2) is 0 Å². The van der Waals surface area contributed by atoms with E-state index in [0.717, 1.165) is 35.5 Å². The van der Waals surface area contributed by atoms with Gasteiger partial charge in [-0.3, -0.25) is 19.3 Å². The zero-order chi connectivity index (χ0) is 17.1. The van der Waals surface area contributed by atoms with Crippen LogP contribution < -0.4 is 10.2 Å². The van der Waals surface area contributed by atoms with E-state index < -0.39 is 17.8 Å². The predicted molar refractivity (Wildman–Crippen MR) is 81.2 cm³/mol. The Balaban J connectivity index is 1.96. The summed E-state index contributed by atoms with van der Waals surface area (Å²) in [5, 5.41) is 2.76. The van der Waals surface area contributed by atoms with E-state index in [-0.39, 0.29) is 31.2 Å². The number of hydrogen-bond donors (Lipinski definition) is 2. The maximum atomic E-state index is 12.4. The third-order valence-corrected chi connectivity index (χ3v) is 4.11. The van der Waals surface area contributed by atoms with Crippen LogP contribution in [0.2, 0.25) is 0 Å². The number of amides is 5. The average molecular weight is 325 g/mol. The van der Waals surface area contributed by atoms with Crippen molar-refractivity contribution in [1.82, 2.24) is 15.1 Å². The molecule has 1 aliphatic carbocycles. The minimum absolute atomic E-state index is 0.0120. The Bertz CT molecular complexity index is 514. The van der Waals surface area contributed by atoms with E-state index in [2.05, 4.69) is 5.32 Å². The molecule has 23 heavy (non-hydrogen) atoms. The number of likely N-dealkylation sites (N-methyl/N-ethyl adjacent to an activating group) is 1. The van der Waals surface area contributed by atoms with E-state index in [4.69, 9.17) is 0 Å². The van der Waals surface area contributed by atoms with E-state index in [9.17, 15) is 19.2 Å². The number of urea groups is 1. The molecule has 0 radical (unpaired) electrons. The van der Waals surface area contributed by atoms with Crippen molar-refractivity contribution in [3.63, 3.8) is 0 Å². The van der Waals surface area contributed by atoms with E-state index in [1.54, 1.807) is 7.05 Å². The zero-order valence-corrected chi connectivity index (χ0v) is 13.9. The maximum Gasteiger partial charge on any atom is 0.338 e. The molecule has 0 aromatic heterocycles. The predicted octanol–water partition coefficient (Wildman–Crippen LogP) is -1.28. The highest BCUT2D eigenvalue weighted by Gasteiger charge is 2.49. The fourth-order valence-electron chi connectivity index (χ4n) is 3.12. The van der Waals surface area contributed by atoms with Crippen molar-refractivity contribution in [3.8, 4) is 0 Å². The first-order chi connectivity index (χ1) is 10.8. The van der Waals surface area contributed by atoms with Gasteiger partial charge in [-0.25, -0.2) is 9.69 Å². The summed E-state index contributed by atoms with van der Waals surface area (Å²) in [6.45, 7) is 3.86. The van der Waals surface area contributed by atoms with Gasteiger partial charge in [0.05, 0.1) is 7.05 Å². The molecule has 8 nitrogen and oxygen atoms in total. The minimum atomic E-state index is -0.787. The van der Waals surface area contributed by atoms with Crippen molar-refractivity contribution in [1.29, 1.82) is 0 Å². The SMILES string of the molecule is CC(C)NC(=O)C[NH+](C)CN1C(=O)C(=O)N(C2CCCC2)C1=O. The van der Waals surface area contributed by atoms with Gasteiger partial charge in [0, 0.05) is 12.1 Å². The van der Waals surface area contributed by atoms with Gasteiger partial charge in [0.15, 0.2) is 13.2 Å². The van der Waals surface area contributed by atoms with Crippen molar-refractivity contribution in [2.45, 2.75) is 51.6 Å². The summed E-state index contributed by atoms with van der Waals surface area (Å²) >= 11 is 0. The summed E-state index contributed by atoms with van der Waals surface area (Å²) in [6, 6.07) is -0.672. The molecule has 2 N–H and O–H groups in total. The van der Waals surface area contributed by atoms with Gasteiger partial charge in [0.25, 0.3) is 5.91 Å². The number of imide groups is 2. The second-order valence-electron chi connectivity index (χ2n) is 6.64. The van der Waals surface area contributed by atoms with Crippen LogP contribution in [0.1, 0.15) is 39.5 Å². The third-order valence-electron chi connectivity index (χ3n) is 4.11. The Morgan fingerprint density at radius 2 is 1.83 bits per heavy atom. The third kappa shape index (κ3) is 3.87. The fourth-order valence-corrected chi connectivity index (χ4v) is 3.12. The Hall–Kier alpha value is -1.96. The van der Waals surface area contributed by atoms with Crippen molar-refractivity contribution in [3.05, 3.63) is 0 Å². The quantitative estimate of drug-likeness (QED) is 0.470. The minimum Gasteiger partial charge on any atom is -0.349 e. The molecule has 2 rings (SSSR count). The van der Waals surface area contributed by atoms with Crippen LogP contribution in [0.4, 0.5) is 4.79 Å². The number of quaternary nitrogens is 1. The number of hydrogen-bond acceptors (Lipinski definition) is 4. The smallest absolute Gasteiger partial charge is 0.338 e. The van der Waals surface area contributed by atoms with E-state index in [0.29, 0.717) is 4.90 Å². The highest BCUT2D eigenvalue weighted by atomic mass is 16.2. The second-order valence-corrected chi connectivity index (χ2v) is 6.64. The standard InChI is InChI=1S/C15H24N4O4/c1-10(2)16-12(20)8-17(3)9-18-13(21)14(22)19(15(18)23)11-6-4-5-7-11/h10-11H,4-9H2,1-3H3,(H,16,20)/p+1. The summed E-state index contributed by atoms with van der Waals surface area (Å²) in [4.78, 5) is 51.1. The molecule has 2 aliphatic rings. The van der Waals surface area contributed by atoms with Crippen LogP contribution in [-0.2, 0) is 14.4 Å². The Morgan fingerprint density at radius 1 is 1.22 bits per heavy atom. The highest BCUT2D eigenvalue weighted by molar-refractivity contribution is 6.44. The average Bonchev–Trinajstić information content (AvgIpc) is 3.02. The molecule has 1 saturated carbocycles. The fraction of sp³-hybridized carbons (Fsp3) is 0.733. The molecule has 0 spiro atoms. The van der Waals surface area contributed by atoms with Crippen LogP contribution in [0.3, 0.4) is 0 Å². The maximum absolute atomic E-state index is 12.4. The van der Waals surface area contributed by atoms with E-state index >= 15 is 0 Å².